The fourth-order valence-corrected chi connectivity index (χ4v) is 3.25. The van der Waals surface area contributed by atoms with Gasteiger partial charge >= 0.3 is 5.76 Å². The van der Waals surface area contributed by atoms with Crippen LogP contribution in [0.2, 0.25) is 0 Å². The zero-order valence-electron chi connectivity index (χ0n) is 11.4. The molecule has 0 unspecified atom stereocenters. The van der Waals surface area contributed by atoms with Crippen LogP contribution >= 0.6 is 11.3 Å². The van der Waals surface area contributed by atoms with Crippen LogP contribution in [0.25, 0.3) is 21.5 Å². The van der Waals surface area contributed by atoms with Crippen LogP contribution in [-0.4, -0.2) is 10.6 Å². The van der Waals surface area contributed by atoms with Crippen LogP contribution in [0, 0.1) is 11.3 Å². The normalized spacial score (nSPS) is 12.4. The SMILES string of the molecule is Cn1c(=O)oc2ccc(-c3ccc(C[C@H](N)C#N)s3)cc21. The fourth-order valence-electron chi connectivity index (χ4n) is 2.19. The molecule has 2 aromatic heterocycles. The van der Waals surface area contributed by atoms with Crippen molar-refractivity contribution in [2.24, 2.45) is 12.8 Å². The van der Waals surface area contributed by atoms with Crippen molar-refractivity contribution in [3.63, 3.8) is 0 Å². The van der Waals surface area contributed by atoms with Crippen molar-refractivity contribution < 1.29 is 4.42 Å². The Hall–Kier alpha value is -2.36. The molecular formula is C15H13N3O2S. The average Bonchev–Trinajstić information content (AvgIpc) is 3.05. The first-order chi connectivity index (χ1) is 10.1. The van der Waals surface area contributed by atoms with Crippen LogP contribution in [0.3, 0.4) is 0 Å². The van der Waals surface area contributed by atoms with E-state index in [0.29, 0.717) is 12.0 Å². The van der Waals surface area contributed by atoms with Crippen molar-refractivity contribution in [3.8, 4) is 16.5 Å². The molecule has 0 saturated carbocycles. The lowest BCUT2D eigenvalue weighted by atomic mass is 10.1. The van der Waals surface area contributed by atoms with Gasteiger partial charge < -0.3 is 10.2 Å². The van der Waals surface area contributed by atoms with Gasteiger partial charge in [0.1, 0.15) is 0 Å². The quantitative estimate of drug-likeness (QED) is 0.803. The van der Waals surface area contributed by atoms with E-state index in [4.69, 9.17) is 15.4 Å². The van der Waals surface area contributed by atoms with Crippen molar-refractivity contribution in [2.75, 3.05) is 0 Å². The van der Waals surface area contributed by atoms with Crippen molar-refractivity contribution in [1.82, 2.24) is 4.57 Å². The second kappa shape index (κ2) is 5.20. The standard InChI is InChI=1S/C15H13N3O2S/c1-18-12-6-9(2-4-13(12)20-15(18)19)14-5-3-11(21-14)7-10(17)8-16/h2-6,10H,7,17H2,1H3/t10-/m0/s1. The number of fused-ring (bicyclic) bond motifs is 1. The van der Waals surface area contributed by atoms with Crippen LogP contribution in [0.1, 0.15) is 4.88 Å². The molecule has 5 nitrogen and oxygen atoms in total. The zero-order chi connectivity index (χ0) is 15.0. The minimum Gasteiger partial charge on any atom is -0.408 e. The highest BCUT2D eigenvalue weighted by atomic mass is 32.1. The molecule has 1 aromatic carbocycles. The molecule has 2 N–H and O–H groups in total. The Morgan fingerprint density at radius 1 is 1.43 bits per heavy atom. The number of oxazole rings is 1. The molecule has 2 heterocycles. The van der Waals surface area contributed by atoms with Crippen LogP contribution in [0.4, 0.5) is 0 Å². The lowest BCUT2D eigenvalue weighted by Gasteiger charge is -1.99. The molecule has 0 aliphatic carbocycles. The summed E-state index contributed by atoms with van der Waals surface area (Å²) in [5, 5.41) is 8.76. The lowest BCUT2D eigenvalue weighted by Crippen LogP contribution is -2.19. The van der Waals surface area contributed by atoms with E-state index in [2.05, 4.69) is 0 Å². The number of nitrogens with two attached hydrogens (primary N) is 1. The summed E-state index contributed by atoms with van der Waals surface area (Å²) < 4.78 is 6.61. The molecular weight excluding hydrogens is 286 g/mol. The zero-order valence-corrected chi connectivity index (χ0v) is 12.2. The van der Waals surface area contributed by atoms with Gasteiger partial charge in [-0.3, -0.25) is 4.57 Å². The van der Waals surface area contributed by atoms with E-state index in [1.807, 2.05) is 30.3 Å². The summed E-state index contributed by atoms with van der Waals surface area (Å²) >= 11 is 1.60. The van der Waals surface area contributed by atoms with Crippen molar-refractivity contribution in [2.45, 2.75) is 12.5 Å². The second-order valence-electron chi connectivity index (χ2n) is 4.82. The number of thiophene rings is 1. The lowest BCUT2D eigenvalue weighted by molar-refractivity contribution is 0.528. The van der Waals surface area contributed by atoms with E-state index in [0.717, 1.165) is 20.8 Å². The summed E-state index contributed by atoms with van der Waals surface area (Å²) in [6, 6.07) is 11.2. The van der Waals surface area contributed by atoms with E-state index in [-0.39, 0.29) is 5.76 Å². The minimum absolute atomic E-state index is 0.367. The molecule has 106 valence electrons. The number of nitriles is 1. The third kappa shape index (κ3) is 2.49. The van der Waals surface area contributed by atoms with Crippen LogP contribution in [0.15, 0.2) is 39.5 Å². The van der Waals surface area contributed by atoms with Gasteiger partial charge in [-0.25, -0.2) is 4.79 Å². The Kier molecular flexibility index (Phi) is 3.37. The third-order valence-corrected chi connectivity index (χ3v) is 4.48. The summed E-state index contributed by atoms with van der Waals surface area (Å²) in [4.78, 5) is 13.6. The molecule has 3 rings (SSSR count). The molecule has 0 saturated heterocycles. The summed E-state index contributed by atoms with van der Waals surface area (Å²) in [5.41, 5.74) is 8.00. The van der Waals surface area contributed by atoms with Gasteiger partial charge in [0.15, 0.2) is 5.58 Å². The molecule has 21 heavy (non-hydrogen) atoms. The number of aromatic nitrogens is 1. The summed E-state index contributed by atoms with van der Waals surface area (Å²) in [5.74, 6) is -0.367. The van der Waals surface area contributed by atoms with Crippen molar-refractivity contribution in [1.29, 1.82) is 5.26 Å². The van der Waals surface area contributed by atoms with Gasteiger partial charge in [-0.05, 0) is 35.9 Å². The highest BCUT2D eigenvalue weighted by molar-refractivity contribution is 7.15. The molecule has 0 fully saturated rings. The molecule has 0 amide bonds. The number of hydrogen-bond acceptors (Lipinski definition) is 5. The van der Waals surface area contributed by atoms with E-state index in [9.17, 15) is 4.79 Å². The van der Waals surface area contributed by atoms with Crippen LogP contribution in [0.5, 0.6) is 0 Å². The smallest absolute Gasteiger partial charge is 0.408 e. The third-order valence-electron chi connectivity index (χ3n) is 3.32. The Morgan fingerprint density at radius 3 is 3.00 bits per heavy atom. The minimum atomic E-state index is -0.478. The number of aryl methyl sites for hydroxylation is 1. The fraction of sp³-hybridized carbons (Fsp3) is 0.200. The summed E-state index contributed by atoms with van der Waals surface area (Å²) in [6.45, 7) is 0. The van der Waals surface area contributed by atoms with Gasteiger partial charge in [0, 0.05) is 23.2 Å². The average molecular weight is 299 g/mol. The maximum absolute atomic E-state index is 11.5. The predicted octanol–water partition coefficient (Wildman–Crippen LogP) is 2.25. The van der Waals surface area contributed by atoms with E-state index in [1.165, 1.54) is 4.57 Å². The van der Waals surface area contributed by atoms with E-state index in [1.54, 1.807) is 24.5 Å². The van der Waals surface area contributed by atoms with Gasteiger partial charge in [0.2, 0.25) is 0 Å². The molecule has 3 aromatic rings. The molecule has 0 bridgehead atoms. The van der Waals surface area contributed by atoms with Gasteiger partial charge in [-0.15, -0.1) is 11.3 Å². The van der Waals surface area contributed by atoms with Crippen LogP contribution < -0.4 is 11.5 Å². The first-order valence-corrected chi connectivity index (χ1v) is 7.24. The second-order valence-corrected chi connectivity index (χ2v) is 5.98. The Labute approximate surface area is 124 Å². The number of hydrogen-bond donors (Lipinski definition) is 1. The number of benzene rings is 1. The Bertz CT molecular complexity index is 898. The monoisotopic (exact) mass is 299 g/mol. The molecule has 0 spiro atoms. The highest BCUT2D eigenvalue weighted by Gasteiger charge is 2.10. The highest BCUT2D eigenvalue weighted by Crippen LogP contribution is 2.30. The first-order valence-electron chi connectivity index (χ1n) is 6.42. The maximum Gasteiger partial charge on any atom is 0.419 e. The number of rotatable bonds is 3. The van der Waals surface area contributed by atoms with Crippen molar-refractivity contribution in [3.05, 3.63) is 45.8 Å². The topological polar surface area (TPSA) is 84.9 Å². The van der Waals surface area contributed by atoms with Gasteiger partial charge in [0.05, 0.1) is 17.6 Å². The Morgan fingerprint density at radius 2 is 2.24 bits per heavy atom. The molecule has 6 heteroatoms. The summed E-state index contributed by atoms with van der Waals surface area (Å²) in [6.07, 6.45) is 0.549. The largest absolute Gasteiger partial charge is 0.419 e. The van der Waals surface area contributed by atoms with Crippen molar-refractivity contribution >= 4 is 22.4 Å². The molecule has 0 radical (unpaired) electrons. The van der Waals surface area contributed by atoms with E-state index < -0.39 is 6.04 Å². The van der Waals surface area contributed by atoms with E-state index >= 15 is 0 Å². The van der Waals surface area contributed by atoms with Crippen LogP contribution in [-0.2, 0) is 13.5 Å². The summed E-state index contributed by atoms with van der Waals surface area (Å²) in [7, 11) is 1.68. The number of nitrogens with zero attached hydrogens (tertiary/aromatic N) is 2. The predicted molar refractivity (Wildman–Crippen MR) is 82.1 cm³/mol. The van der Waals surface area contributed by atoms with Gasteiger partial charge in [-0.2, -0.15) is 5.26 Å². The maximum atomic E-state index is 11.5. The van der Waals surface area contributed by atoms with Gasteiger partial charge in [-0.1, -0.05) is 0 Å². The first kappa shape index (κ1) is 13.6. The van der Waals surface area contributed by atoms with Gasteiger partial charge in [0.25, 0.3) is 0 Å². The molecule has 1 atom stereocenters. The molecule has 0 aliphatic rings. The Balaban J connectivity index is 1.99. The molecule has 0 aliphatic heterocycles.